The van der Waals surface area contributed by atoms with Crippen molar-refractivity contribution in [2.45, 2.75) is 55.4 Å². The van der Waals surface area contributed by atoms with Crippen LogP contribution in [0, 0.1) is 91.8 Å². The van der Waals surface area contributed by atoms with Crippen molar-refractivity contribution in [3.63, 3.8) is 0 Å². The molecule has 5 heterocycles. The van der Waals surface area contributed by atoms with E-state index in [0.29, 0.717) is 0 Å². The Balaban J connectivity index is 0.00000544. The summed E-state index contributed by atoms with van der Waals surface area (Å²) in [5.41, 5.74) is 46.1. The van der Waals surface area contributed by atoms with Crippen molar-refractivity contribution in [3.8, 4) is 201 Å². The topological polar surface area (TPSA) is 77.3 Å². The third-order valence-corrected chi connectivity index (χ3v) is 23.8. The van der Waals surface area contributed by atoms with Gasteiger partial charge in [-0.3, -0.25) is 9.97 Å². The fourth-order valence-electron chi connectivity index (χ4n) is 16.4. The maximum absolute atomic E-state index is 4.87. The van der Waals surface area contributed by atoms with E-state index < -0.39 is 0 Å². The number of aromatic nitrogens is 6. The second-order valence-electron chi connectivity index (χ2n) is 31.7. The van der Waals surface area contributed by atoms with E-state index in [4.69, 9.17) is 29.9 Å². The molecule has 0 aliphatic heterocycles. The van der Waals surface area contributed by atoms with Crippen LogP contribution in [-0.2, 0) is 40.2 Å². The number of rotatable bonds is 18. The van der Waals surface area contributed by atoms with Gasteiger partial charge in [0.1, 0.15) is 0 Å². The van der Waals surface area contributed by atoms with Crippen LogP contribution in [0.5, 0.6) is 0 Å². The predicted octanol–water partition coefficient (Wildman–Crippen LogP) is 29.3. The molecule has 19 rings (SSSR count). The van der Waals surface area contributed by atoms with Gasteiger partial charge >= 0.3 is 40.2 Å². The van der Waals surface area contributed by atoms with Crippen molar-refractivity contribution in [3.05, 3.63) is 434 Å². The van der Waals surface area contributed by atoms with Crippen molar-refractivity contribution in [2.75, 3.05) is 0 Å². The minimum Gasteiger partial charge on any atom is -0.304 e. The molecule has 5 aromatic heterocycles. The molecule has 0 saturated carbocycles. The molecular weight excluding hydrogens is 1860 g/mol. The molecule has 0 fully saturated rings. The molecule has 19 aromatic rings. The van der Waals surface area contributed by atoms with Crippen molar-refractivity contribution in [1.29, 1.82) is 0 Å². The molecule has 0 saturated heterocycles. The predicted molar refractivity (Wildman–Crippen MR) is 502 cm³/mol. The Kier molecular flexibility index (Phi) is 23.9. The molecule has 0 radical (unpaired) electrons. The normalized spacial score (nSPS) is 11.1. The zero-order valence-electron chi connectivity index (χ0n) is 69.8. The summed E-state index contributed by atoms with van der Waals surface area (Å²) < 4.78 is 0. The van der Waals surface area contributed by atoms with Crippen LogP contribution in [0.3, 0.4) is 0 Å². The number of pyridine rings is 4. The van der Waals surface area contributed by atoms with Gasteiger partial charge < -0.3 is 19.9 Å². The largest absolute Gasteiger partial charge is 3.00 e. The number of aryl methyl sites for hydroxylation is 8. The van der Waals surface area contributed by atoms with Crippen LogP contribution < -0.4 is 0 Å². The Bertz CT molecular complexity index is 6440. The zero-order valence-corrected chi connectivity index (χ0v) is 74.6. The molecule has 594 valence electrons. The van der Waals surface area contributed by atoms with Gasteiger partial charge in [0.25, 0.3) is 0 Å². The second-order valence-corrected chi connectivity index (χ2v) is 31.7. The molecular formula is C116H82Ir2N6. The average molecular weight is 1940 g/mol. The van der Waals surface area contributed by atoms with Gasteiger partial charge in [-0.25, -0.2) is 0 Å². The third kappa shape index (κ3) is 17.0. The van der Waals surface area contributed by atoms with Crippen LogP contribution in [0.4, 0.5) is 0 Å². The number of hydrogen-bond acceptors (Lipinski definition) is 6. The molecule has 0 bridgehead atoms. The molecule has 124 heavy (non-hydrogen) atoms. The van der Waals surface area contributed by atoms with E-state index >= 15 is 0 Å². The van der Waals surface area contributed by atoms with Crippen LogP contribution in [0.15, 0.2) is 353 Å². The summed E-state index contributed by atoms with van der Waals surface area (Å²) in [6.07, 6.45) is 9.41. The molecule has 0 unspecified atom stereocenters. The van der Waals surface area contributed by atoms with E-state index in [1.165, 1.54) is 22.3 Å². The molecule has 0 spiro atoms. The molecule has 0 amide bonds. The number of nitrogens with zero attached hydrogens (tertiary/aromatic N) is 6. The second kappa shape index (κ2) is 36.0. The molecule has 0 aliphatic rings. The fourth-order valence-corrected chi connectivity index (χ4v) is 16.4. The van der Waals surface area contributed by atoms with Gasteiger partial charge in [0.05, 0.1) is 6.33 Å². The Labute approximate surface area is 754 Å². The first-order valence-corrected chi connectivity index (χ1v) is 41.3. The van der Waals surface area contributed by atoms with E-state index in [0.717, 1.165) is 223 Å². The van der Waals surface area contributed by atoms with E-state index in [-0.39, 0.29) is 40.2 Å². The van der Waals surface area contributed by atoms with Crippen LogP contribution in [0.25, 0.3) is 201 Å². The minimum atomic E-state index is 0. The first kappa shape index (κ1) is 82.4. The number of hydrogen-bond donors (Lipinski definition) is 0. The SMILES string of the molecule is Cc1cnc(-c2[c-]cc(-c3ccccc3-c3cc(-c4ccccc4-c4c[c-]c(-c5cc(-c6[c-]cc(-c7ccccc7-c7cc(-c8ccccc8-c8c[c-]c(-c9cc(C)c(C)cn9)cc8)cc(-c8ccccc8-c8c[c-]c(-c9cc(C)c(C)cn9)cc8)c7)cc6)ncn5)cc4)cc(-c4ccccc4-c4c[c-]c(-c5cc(C)c(C)cn5)cc4)c3)cc2)cc1C.[Ir+3].[Ir+3]. The van der Waals surface area contributed by atoms with Crippen molar-refractivity contribution in [1.82, 2.24) is 29.9 Å². The summed E-state index contributed by atoms with van der Waals surface area (Å²) in [6, 6.07) is 137. The fraction of sp³-hybridized carbons (Fsp3) is 0.0690. The Morgan fingerprint density at radius 2 is 0.323 bits per heavy atom. The van der Waals surface area contributed by atoms with Crippen molar-refractivity contribution in [2.24, 2.45) is 0 Å². The zero-order chi connectivity index (χ0) is 82.9. The minimum absolute atomic E-state index is 0. The van der Waals surface area contributed by atoms with Gasteiger partial charge in [0.2, 0.25) is 0 Å². The quantitative estimate of drug-likeness (QED) is 0.0797. The molecule has 0 N–H and O–H groups in total. The average Bonchev–Trinajstić information content (AvgIpc) is 0.768. The first-order chi connectivity index (χ1) is 59.7. The van der Waals surface area contributed by atoms with Crippen LogP contribution in [0.1, 0.15) is 44.5 Å². The summed E-state index contributed by atoms with van der Waals surface area (Å²) >= 11 is 0. The Morgan fingerprint density at radius 3 is 0.476 bits per heavy atom. The molecule has 6 nitrogen and oxygen atoms in total. The smallest absolute Gasteiger partial charge is 0.304 e. The maximum atomic E-state index is 4.87. The molecule has 14 aromatic carbocycles. The summed E-state index contributed by atoms with van der Waals surface area (Å²) in [4.78, 5) is 28.8. The van der Waals surface area contributed by atoms with Crippen molar-refractivity contribution >= 4 is 0 Å². The maximum Gasteiger partial charge on any atom is 3.00 e. The van der Waals surface area contributed by atoms with E-state index in [1.54, 1.807) is 6.33 Å². The van der Waals surface area contributed by atoms with Gasteiger partial charge in [0.15, 0.2) is 0 Å². The first-order valence-electron chi connectivity index (χ1n) is 41.3. The van der Waals surface area contributed by atoms with Gasteiger partial charge in [-0.15, -0.1) is 179 Å². The van der Waals surface area contributed by atoms with Gasteiger partial charge in [-0.1, -0.05) is 265 Å². The number of benzene rings is 14. The summed E-state index contributed by atoms with van der Waals surface area (Å²) in [5, 5.41) is 0. The van der Waals surface area contributed by atoms with Crippen LogP contribution in [0.2, 0.25) is 0 Å². The van der Waals surface area contributed by atoms with Gasteiger partial charge in [0, 0.05) is 24.8 Å². The molecule has 8 heteroatoms. The Morgan fingerprint density at radius 1 is 0.161 bits per heavy atom. The van der Waals surface area contributed by atoms with E-state index in [1.807, 2.05) is 30.9 Å². The van der Waals surface area contributed by atoms with Crippen LogP contribution in [-0.4, -0.2) is 29.9 Å². The Hall–Kier alpha value is -13.9. The summed E-state index contributed by atoms with van der Waals surface area (Å²) in [5.74, 6) is 0. The van der Waals surface area contributed by atoms with E-state index in [2.05, 4.69) is 407 Å². The monoisotopic (exact) mass is 1940 g/mol. The third-order valence-electron chi connectivity index (χ3n) is 23.8. The van der Waals surface area contributed by atoms with Gasteiger partial charge in [-0.05, 0) is 215 Å². The van der Waals surface area contributed by atoms with Crippen LogP contribution >= 0.6 is 0 Å². The summed E-state index contributed by atoms with van der Waals surface area (Å²) in [7, 11) is 0. The standard InChI is InChI=1S/C116H82N6.2Ir/c1-73-57-111(117-68-77(73)5)87-45-33-81(34-46-87)99-21-9-15-27-105(99)93-61-94(106-28-16-10-22-100(106)82-35-47-88(48-36-82)112-58-74(2)78(6)69-118-112)64-97(63-93)109-31-19-13-25-103(109)85-41-53-91(54-42-85)115-67-116(122-72-121-115)92-55-43-86(44-56-92)104-26-14-20-32-110(104)98-65-95(107-29-17-11-23-101(107)83-37-49-89(50-38-83)113-59-75(3)79(7)70-119-113)62-96(66-98)108-30-18-12-24-102(108)84-39-51-90(52-40-84)114-60-76(4)80(8)71-120-114;;/h9-45,47,49,51,53,55,57-72H,1-8H3;;/q-6;2*+3. The molecule has 0 aliphatic carbocycles. The summed E-state index contributed by atoms with van der Waals surface area (Å²) in [6.45, 7) is 16.9. The van der Waals surface area contributed by atoms with E-state index in [9.17, 15) is 0 Å². The molecule has 0 atom stereocenters. The van der Waals surface area contributed by atoms with Crippen molar-refractivity contribution < 1.29 is 40.2 Å². The van der Waals surface area contributed by atoms with Gasteiger partial charge in [-0.2, -0.15) is 0 Å².